The molecule has 9 heteroatoms. The van der Waals surface area contributed by atoms with E-state index in [-0.39, 0.29) is 9.90 Å². The van der Waals surface area contributed by atoms with E-state index in [9.17, 15) is 22.0 Å². The van der Waals surface area contributed by atoms with Crippen LogP contribution in [0.15, 0.2) is 27.8 Å². The van der Waals surface area contributed by atoms with E-state index in [1.807, 2.05) is 4.72 Å². The molecule has 0 saturated carbocycles. The highest BCUT2D eigenvalue weighted by Crippen LogP contribution is 2.26. The second-order valence-electron chi connectivity index (χ2n) is 4.12. The van der Waals surface area contributed by atoms with Gasteiger partial charge in [-0.05, 0) is 36.1 Å². The Morgan fingerprint density at radius 1 is 1.29 bits per heavy atom. The fourth-order valence-electron chi connectivity index (χ4n) is 1.67. The topological polar surface area (TPSA) is 83.5 Å². The minimum atomic E-state index is -3.98. The first-order valence-corrected chi connectivity index (χ1v) is 7.88. The van der Waals surface area contributed by atoms with Crippen molar-refractivity contribution in [2.75, 3.05) is 4.72 Å². The van der Waals surface area contributed by atoms with Crippen molar-refractivity contribution in [2.45, 2.75) is 11.1 Å². The van der Waals surface area contributed by atoms with Crippen LogP contribution >= 0.6 is 11.3 Å². The Morgan fingerprint density at radius 3 is 2.29 bits per heavy atom. The first-order valence-electron chi connectivity index (χ1n) is 5.51. The molecule has 0 saturated heterocycles. The molecular weight excluding hydrogens is 324 g/mol. The van der Waals surface area contributed by atoms with Crippen LogP contribution in [0.3, 0.4) is 0 Å². The third-order valence-electron chi connectivity index (χ3n) is 2.57. The molecule has 0 unspecified atom stereocenters. The number of aromatic carboxylic acids is 1. The third-order valence-corrected chi connectivity index (χ3v) is 5.64. The normalized spacial score (nSPS) is 11.4. The number of nitrogens with one attached hydrogen (secondary N) is 1. The SMILES string of the molecule is Cc1ccsc1S(=O)(=O)Nc1cc(F)c(C(=O)O)c(F)c1. The predicted octanol–water partition coefficient (Wildman–Crippen LogP) is 2.83. The third kappa shape index (κ3) is 3.03. The number of hydrogen-bond acceptors (Lipinski definition) is 4. The van der Waals surface area contributed by atoms with Crippen molar-refractivity contribution in [3.8, 4) is 0 Å². The molecule has 1 aromatic heterocycles. The van der Waals surface area contributed by atoms with E-state index in [0.717, 1.165) is 11.3 Å². The highest BCUT2D eigenvalue weighted by atomic mass is 32.2. The number of halogens is 2. The van der Waals surface area contributed by atoms with Crippen molar-refractivity contribution >= 4 is 33.0 Å². The molecule has 112 valence electrons. The molecule has 0 aliphatic rings. The van der Waals surface area contributed by atoms with Gasteiger partial charge in [-0.15, -0.1) is 11.3 Å². The Labute approximate surface area is 122 Å². The first-order chi connectivity index (χ1) is 9.72. The minimum Gasteiger partial charge on any atom is -0.477 e. The van der Waals surface area contributed by atoms with Crippen LogP contribution in [-0.2, 0) is 10.0 Å². The van der Waals surface area contributed by atoms with Crippen molar-refractivity contribution in [1.82, 2.24) is 0 Å². The Bertz CT molecular complexity index is 791. The van der Waals surface area contributed by atoms with Crippen LogP contribution in [0.1, 0.15) is 15.9 Å². The number of aryl methyl sites for hydroxylation is 1. The second kappa shape index (κ2) is 5.41. The molecule has 2 rings (SSSR count). The van der Waals surface area contributed by atoms with E-state index in [1.165, 1.54) is 0 Å². The standard InChI is InChI=1S/C12H9F2NO4S2/c1-6-2-3-20-12(6)21(18,19)15-7-4-8(13)10(11(16)17)9(14)5-7/h2-5,15H,1H3,(H,16,17). The quantitative estimate of drug-likeness (QED) is 0.901. The van der Waals surface area contributed by atoms with Crippen molar-refractivity contribution in [3.05, 3.63) is 46.3 Å². The summed E-state index contributed by atoms with van der Waals surface area (Å²) in [4.78, 5) is 10.7. The largest absolute Gasteiger partial charge is 0.477 e. The van der Waals surface area contributed by atoms with Gasteiger partial charge < -0.3 is 5.11 Å². The molecule has 0 bridgehead atoms. The Hall–Kier alpha value is -2.00. The van der Waals surface area contributed by atoms with Crippen LogP contribution in [0, 0.1) is 18.6 Å². The zero-order chi connectivity index (χ0) is 15.8. The van der Waals surface area contributed by atoms with Gasteiger partial charge in [0.15, 0.2) is 0 Å². The Balaban J connectivity index is 2.42. The lowest BCUT2D eigenvalue weighted by Gasteiger charge is -2.09. The van der Waals surface area contributed by atoms with Crippen LogP contribution in [-0.4, -0.2) is 19.5 Å². The van der Waals surface area contributed by atoms with Gasteiger partial charge in [-0.25, -0.2) is 22.0 Å². The van der Waals surface area contributed by atoms with Gasteiger partial charge in [0.2, 0.25) is 0 Å². The highest BCUT2D eigenvalue weighted by molar-refractivity contribution is 7.94. The summed E-state index contributed by atoms with van der Waals surface area (Å²) in [5, 5.41) is 10.2. The van der Waals surface area contributed by atoms with Gasteiger partial charge in [0.05, 0.1) is 5.69 Å². The summed E-state index contributed by atoms with van der Waals surface area (Å²) in [6.45, 7) is 1.58. The predicted molar refractivity (Wildman–Crippen MR) is 73.2 cm³/mol. The zero-order valence-corrected chi connectivity index (χ0v) is 12.2. The molecule has 0 fully saturated rings. The summed E-state index contributed by atoms with van der Waals surface area (Å²) >= 11 is 0.960. The van der Waals surface area contributed by atoms with Crippen molar-refractivity contribution in [2.24, 2.45) is 0 Å². The first kappa shape index (κ1) is 15.4. The fourth-order valence-corrected chi connectivity index (χ4v) is 4.13. The van der Waals surface area contributed by atoms with E-state index < -0.39 is 33.2 Å². The summed E-state index contributed by atoms with van der Waals surface area (Å²) < 4.78 is 53.2. The maximum absolute atomic E-state index is 13.5. The average molecular weight is 333 g/mol. The highest BCUT2D eigenvalue weighted by Gasteiger charge is 2.22. The maximum atomic E-state index is 13.5. The van der Waals surface area contributed by atoms with E-state index in [2.05, 4.69) is 0 Å². The summed E-state index contributed by atoms with van der Waals surface area (Å²) in [6, 6.07) is 2.83. The summed E-state index contributed by atoms with van der Waals surface area (Å²) in [6.07, 6.45) is 0. The molecule has 0 atom stereocenters. The monoisotopic (exact) mass is 333 g/mol. The van der Waals surface area contributed by atoms with Gasteiger partial charge in [0.1, 0.15) is 21.4 Å². The van der Waals surface area contributed by atoms with Crippen LogP contribution in [0.5, 0.6) is 0 Å². The number of rotatable bonds is 4. The molecule has 0 spiro atoms. The summed E-state index contributed by atoms with van der Waals surface area (Å²) in [5.41, 5.74) is -1.02. The second-order valence-corrected chi connectivity index (χ2v) is 6.91. The molecule has 0 amide bonds. The van der Waals surface area contributed by atoms with Crippen molar-refractivity contribution in [3.63, 3.8) is 0 Å². The average Bonchev–Trinajstić information content (AvgIpc) is 2.73. The maximum Gasteiger partial charge on any atom is 0.341 e. The fraction of sp³-hybridized carbons (Fsp3) is 0.0833. The van der Waals surface area contributed by atoms with Gasteiger partial charge in [0, 0.05) is 0 Å². The number of carboxylic acids is 1. The molecular formula is C12H9F2NO4S2. The molecule has 2 aromatic rings. The van der Waals surface area contributed by atoms with E-state index >= 15 is 0 Å². The van der Waals surface area contributed by atoms with E-state index in [4.69, 9.17) is 5.11 Å². The number of carboxylic acid groups (broad SMARTS) is 1. The van der Waals surface area contributed by atoms with E-state index in [1.54, 1.807) is 18.4 Å². The molecule has 0 radical (unpaired) electrons. The molecule has 1 aromatic carbocycles. The van der Waals surface area contributed by atoms with E-state index in [0.29, 0.717) is 17.7 Å². The summed E-state index contributed by atoms with van der Waals surface area (Å²) in [7, 11) is -3.98. The Kier molecular flexibility index (Phi) is 3.97. The number of carbonyl (C=O) groups is 1. The molecule has 0 aliphatic heterocycles. The number of thiophene rings is 1. The van der Waals surface area contributed by atoms with Crippen LogP contribution < -0.4 is 4.72 Å². The van der Waals surface area contributed by atoms with Gasteiger partial charge in [-0.1, -0.05) is 0 Å². The number of hydrogen-bond donors (Lipinski definition) is 2. The van der Waals surface area contributed by atoms with Gasteiger partial charge in [-0.2, -0.15) is 0 Å². The Morgan fingerprint density at radius 2 is 1.86 bits per heavy atom. The van der Waals surface area contributed by atoms with Crippen LogP contribution in [0.25, 0.3) is 0 Å². The van der Waals surface area contributed by atoms with Gasteiger partial charge >= 0.3 is 5.97 Å². The number of sulfonamides is 1. The van der Waals surface area contributed by atoms with Gasteiger partial charge in [-0.3, -0.25) is 4.72 Å². The van der Waals surface area contributed by atoms with Crippen LogP contribution in [0.4, 0.5) is 14.5 Å². The molecule has 1 heterocycles. The zero-order valence-electron chi connectivity index (χ0n) is 10.6. The lowest BCUT2D eigenvalue weighted by atomic mass is 10.2. The molecule has 21 heavy (non-hydrogen) atoms. The van der Waals surface area contributed by atoms with Crippen molar-refractivity contribution < 1.29 is 27.1 Å². The molecule has 2 N–H and O–H groups in total. The molecule has 5 nitrogen and oxygen atoms in total. The smallest absolute Gasteiger partial charge is 0.341 e. The van der Waals surface area contributed by atoms with Gasteiger partial charge in [0.25, 0.3) is 10.0 Å². The lowest BCUT2D eigenvalue weighted by Crippen LogP contribution is -2.14. The number of benzene rings is 1. The van der Waals surface area contributed by atoms with Crippen molar-refractivity contribution in [1.29, 1.82) is 0 Å². The minimum absolute atomic E-state index is 0.0191. The number of anilines is 1. The van der Waals surface area contributed by atoms with Crippen LogP contribution in [0.2, 0.25) is 0 Å². The summed E-state index contributed by atoms with van der Waals surface area (Å²) in [5.74, 6) is -4.49. The molecule has 0 aliphatic carbocycles. The lowest BCUT2D eigenvalue weighted by molar-refractivity contribution is 0.0686.